The number of ether oxygens (including phenoxy) is 5. The van der Waals surface area contributed by atoms with Gasteiger partial charge in [-0.05, 0) is 30.0 Å². The first kappa shape index (κ1) is 31.5. The molecule has 2 saturated carbocycles. The Bertz CT molecular complexity index is 1430. The molecule has 2 bridgehead atoms. The molecule has 1 N–H and O–H groups in total. The summed E-state index contributed by atoms with van der Waals surface area (Å²) in [5.41, 5.74) is -4.78. The van der Waals surface area contributed by atoms with Gasteiger partial charge in [0.05, 0.1) is 36.9 Å². The van der Waals surface area contributed by atoms with E-state index in [4.69, 9.17) is 28.1 Å². The molecule has 12 atom stereocenters. The highest BCUT2D eigenvalue weighted by Crippen LogP contribution is 2.72. The zero-order valence-corrected chi connectivity index (χ0v) is 26.1. The van der Waals surface area contributed by atoms with Crippen LogP contribution in [0.3, 0.4) is 0 Å². The maximum Gasteiger partial charge on any atom is 0.335 e. The van der Waals surface area contributed by atoms with E-state index in [0.29, 0.717) is 17.6 Å². The molecule has 12 heteroatoms. The smallest absolute Gasteiger partial charge is 0.335 e. The third kappa shape index (κ3) is 4.06. The van der Waals surface area contributed by atoms with Crippen molar-refractivity contribution in [3.05, 3.63) is 36.3 Å². The average Bonchev–Trinajstić information content (AvgIpc) is 3.58. The van der Waals surface area contributed by atoms with E-state index in [0.717, 1.165) is 0 Å². The third-order valence-electron chi connectivity index (χ3n) is 11.9. The van der Waals surface area contributed by atoms with Crippen LogP contribution in [0.2, 0.25) is 0 Å². The van der Waals surface area contributed by atoms with Gasteiger partial charge in [-0.2, -0.15) is 0 Å². The number of cyclic esters (lactones) is 1. The number of Topliss-reactive ketones (excluding diaryl/α,β-unsaturated/α-hetero) is 1. The van der Waals surface area contributed by atoms with Crippen LogP contribution in [0, 0.1) is 28.6 Å². The summed E-state index contributed by atoms with van der Waals surface area (Å²) in [7, 11) is 0. The van der Waals surface area contributed by atoms with Gasteiger partial charge < -0.3 is 33.2 Å². The van der Waals surface area contributed by atoms with Gasteiger partial charge in [0.15, 0.2) is 17.5 Å². The molecule has 4 heterocycles. The van der Waals surface area contributed by atoms with Gasteiger partial charge in [0.25, 0.3) is 6.47 Å². The predicted octanol–water partition coefficient (Wildman–Crippen LogP) is 2.80. The lowest BCUT2D eigenvalue weighted by molar-refractivity contribution is -0.296. The van der Waals surface area contributed by atoms with Gasteiger partial charge in [-0.3, -0.25) is 19.2 Å². The Balaban J connectivity index is 1.60. The van der Waals surface area contributed by atoms with Crippen molar-refractivity contribution in [2.45, 2.75) is 102 Å². The van der Waals surface area contributed by atoms with Crippen LogP contribution in [0.5, 0.6) is 0 Å². The van der Waals surface area contributed by atoms with Crippen LogP contribution in [-0.2, 0) is 47.7 Å². The molecule has 5 aliphatic rings. The Hall–Kier alpha value is -3.51. The Kier molecular flexibility index (Phi) is 7.35. The second kappa shape index (κ2) is 10.5. The Morgan fingerprint density at radius 2 is 1.91 bits per heavy atom. The van der Waals surface area contributed by atoms with Crippen molar-refractivity contribution in [1.29, 1.82) is 0 Å². The molecular formula is C33H40O12. The number of fused-ring (bicyclic) bond motifs is 5. The fourth-order valence-electron chi connectivity index (χ4n) is 9.37. The summed E-state index contributed by atoms with van der Waals surface area (Å²) in [6.07, 6.45) is -2.06. The van der Waals surface area contributed by atoms with Gasteiger partial charge in [0, 0.05) is 29.6 Å². The normalized spacial score (nSPS) is 43.4. The van der Waals surface area contributed by atoms with Gasteiger partial charge in [0.1, 0.15) is 24.4 Å². The second-order valence-corrected chi connectivity index (χ2v) is 14.0. The molecule has 5 fully saturated rings. The number of carbonyl (C=O) groups excluding carboxylic acids is 5. The summed E-state index contributed by atoms with van der Waals surface area (Å²) in [6, 6.07) is 1.70. The molecule has 45 heavy (non-hydrogen) atoms. The fourth-order valence-corrected chi connectivity index (χ4v) is 9.37. The van der Waals surface area contributed by atoms with Crippen molar-refractivity contribution >= 4 is 30.2 Å². The monoisotopic (exact) mass is 628 g/mol. The first-order valence-electron chi connectivity index (χ1n) is 15.5. The molecule has 6 rings (SSSR count). The molecule has 2 aliphatic carbocycles. The van der Waals surface area contributed by atoms with Crippen LogP contribution in [0.1, 0.15) is 71.8 Å². The van der Waals surface area contributed by atoms with Crippen LogP contribution < -0.4 is 0 Å². The maximum atomic E-state index is 14.5. The Labute approximate surface area is 260 Å². The van der Waals surface area contributed by atoms with Crippen molar-refractivity contribution in [1.82, 2.24) is 0 Å². The average molecular weight is 629 g/mol. The van der Waals surface area contributed by atoms with Gasteiger partial charge in [0.2, 0.25) is 0 Å². The van der Waals surface area contributed by atoms with Crippen molar-refractivity contribution in [3.63, 3.8) is 0 Å². The molecule has 1 spiro atoms. The molecule has 1 aromatic heterocycles. The summed E-state index contributed by atoms with van der Waals surface area (Å²) < 4.78 is 35.7. The van der Waals surface area contributed by atoms with Crippen molar-refractivity contribution in [2.75, 3.05) is 6.61 Å². The van der Waals surface area contributed by atoms with E-state index in [1.165, 1.54) is 12.5 Å². The third-order valence-corrected chi connectivity index (χ3v) is 11.9. The lowest BCUT2D eigenvalue weighted by Crippen LogP contribution is -2.77. The van der Waals surface area contributed by atoms with Gasteiger partial charge in [-0.25, -0.2) is 4.79 Å². The zero-order chi connectivity index (χ0) is 32.7. The highest BCUT2D eigenvalue weighted by molar-refractivity contribution is 5.97. The van der Waals surface area contributed by atoms with E-state index in [9.17, 15) is 29.1 Å². The van der Waals surface area contributed by atoms with E-state index in [2.05, 4.69) is 6.58 Å². The van der Waals surface area contributed by atoms with Gasteiger partial charge in [-0.1, -0.05) is 40.7 Å². The number of aliphatic hydroxyl groups is 1. The topological polar surface area (TPSA) is 165 Å². The highest BCUT2D eigenvalue weighted by atomic mass is 16.6. The Morgan fingerprint density at radius 3 is 2.56 bits per heavy atom. The van der Waals surface area contributed by atoms with Crippen LogP contribution in [0.4, 0.5) is 0 Å². The molecule has 3 aliphatic heterocycles. The lowest BCUT2D eigenvalue weighted by Gasteiger charge is -2.67. The summed E-state index contributed by atoms with van der Waals surface area (Å²) in [4.78, 5) is 66.6. The van der Waals surface area contributed by atoms with E-state index in [-0.39, 0.29) is 38.1 Å². The minimum atomic E-state index is -1.80. The molecular weight excluding hydrogens is 588 g/mol. The molecule has 244 valence electrons. The SMILES string of the molecule is C=C1[C@@H]2[C@@H](OC=O)[C@H](OC(=O)[C@H](O)[C@H](C)CC)[C@@]3(C)[C@H](c4ccoc4)CC(=O)[C@]13O[C@H]1CC(=O)O[C@]3(C)COC(=O)C[C@@H]3[C@]12C. The van der Waals surface area contributed by atoms with E-state index >= 15 is 0 Å². The minimum Gasteiger partial charge on any atom is -0.472 e. The quantitative estimate of drug-likeness (QED) is 0.203. The standard InChI is InChI=1S/C33H40O12/c1-7-16(2)26(38)29(39)43-28-27(42-15-34)25-17(3)33(21(35)10-19(32(28,33)6)18-8-9-40-13-18)44-22-12-24(37)45-30(4)14-41-23(36)11-20(30)31(22,25)5/h8-9,13,15-16,19-20,22,25-28,38H,3,7,10-12,14H2,1-2,4-6H3/t16-,19+,20+,22+,25-,26-,27-,28+,30-,31-,32-,33-/m1/s1. The van der Waals surface area contributed by atoms with E-state index in [1.807, 2.05) is 13.8 Å². The van der Waals surface area contributed by atoms with Crippen LogP contribution in [0.15, 0.2) is 35.2 Å². The first-order chi connectivity index (χ1) is 21.2. The number of carbonyl (C=O) groups is 5. The van der Waals surface area contributed by atoms with Crippen molar-refractivity contribution in [3.8, 4) is 0 Å². The number of ketones is 1. The maximum absolute atomic E-state index is 14.5. The molecule has 0 radical (unpaired) electrons. The van der Waals surface area contributed by atoms with Crippen molar-refractivity contribution < 1.29 is 57.2 Å². The Morgan fingerprint density at radius 1 is 1.18 bits per heavy atom. The second-order valence-electron chi connectivity index (χ2n) is 14.0. The molecule has 12 nitrogen and oxygen atoms in total. The number of esters is 3. The van der Waals surface area contributed by atoms with Gasteiger partial charge in [-0.15, -0.1) is 0 Å². The van der Waals surface area contributed by atoms with E-state index in [1.54, 1.807) is 26.8 Å². The van der Waals surface area contributed by atoms with Crippen LogP contribution in [-0.4, -0.2) is 77.5 Å². The summed E-state index contributed by atoms with van der Waals surface area (Å²) in [6.45, 7) is 13.2. The molecule has 0 unspecified atom stereocenters. The first-order valence-corrected chi connectivity index (χ1v) is 15.5. The largest absolute Gasteiger partial charge is 0.472 e. The lowest BCUT2D eigenvalue weighted by atomic mass is 9.44. The van der Waals surface area contributed by atoms with Crippen LogP contribution in [0.25, 0.3) is 0 Å². The summed E-state index contributed by atoms with van der Waals surface area (Å²) >= 11 is 0. The van der Waals surface area contributed by atoms with E-state index < -0.39 is 88.0 Å². The molecule has 0 amide bonds. The van der Waals surface area contributed by atoms with Gasteiger partial charge >= 0.3 is 17.9 Å². The zero-order valence-electron chi connectivity index (χ0n) is 26.1. The molecule has 0 aromatic carbocycles. The molecule has 1 aromatic rings. The number of aliphatic hydroxyl groups excluding tert-OH is 1. The van der Waals surface area contributed by atoms with Crippen molar-refractivity contribution in [2.24, 2.45) is 28.6 Å². The summed E-state index contributed by atoms with van der Waals surface area (Å²) in [5, 5.41) is 10.9. The summed E-state index contributed by atoms with van der Waals surface area (Å²) in [5.74, 6) is -5.15. The number of hydrogen-bond acceptors (Lipinski definition) is 12. The highest BCUT2D eigenvalue weighted by Gasteiger charge is 2.82. The number of furan rings is 1. The number of hydrogen-bond donors (Lipinski definition) is 1. The predicted molar refractivity (Wildman–Crippen MR) is 152 cm³/mol. The van der Waals surface area contributed by atoms with Crippen LogP contribution >= 0.6 is 0 Å². The minimum absolute atomic E-state index is 0.0566. The number of rotatable bonds is 7. The molecule has 3 saturated heterocycles. The fraction of sp³-hybridized carbons (Fsp3) is 0.667.